The molecule has 0 radical (unpaired) electrons. The molecule has 2 aromatic heterocycles. The van der Waals surface area contributed by atoms with Crippen LogP contribution >= 0.6 is 11.3 Å². The van der Waals surface area contributed by atoms with Crippen LogP contribution in [0.25, 0.3) is 10.2 Å². The summed E-state index contributed by atoms with van der Waals surface area (Å²) in [6.45, 7) is 6.55. The summed E-state index contributed by atoms with van der Waals surface area (Å²) in [4.78, 5) is 4.67. The Labute approximate surface area is 146 Å². The molecule has 0 aliphatic rings. The Morgan fingerprint density at radius 3 is 2.88 bits per heavy atom. The first-order chi connectivity index (χ1) is 11.7. The molecule has 0 aliphatic heterocycles. The quantitative estimate of drug-likeness (QED) is 0.617. The highest BCUT2D eigenvalue weighted by atomic mass is 32.1. The van der Waals surface area contributed by atoms with Gasteiger partial charge in [0.15, 0.2) is 0 Å². The first kappa shape index (κ1) is 17.1. The van der Waals surface area contributed by atoms with Crippen LogP contribution in [0, 0.1) is 13.8 Å². The van der Waals surface area contributed by atoms with Crippen LogP contribution in [0.2, 0.25) is 0 Å². The van der Waals surface area contributed by atoms with E-state index in [1.165, 1.54) is 15.3 Å². The van der Waals surface area contributed by atoms with E-state index in [-0.39, 0.29) is 6.61 Å². The maximum Gasteiger partial charge on any atom is 0.0939 e. The monoisotopic (exact) mass is 344 g/mol. The number of nitrogens with zero attached hydrogens (tertiary/aromatic N) is 3. The Kier molecular flexibility index (Phi) is 5.60. The van der Waals surface area contributed by atoms with Crippen molar-refractivity contribution in [1.82, 2.24) is 20.1 Å². The van der Waals surface area contributed by atoms with Gasteiger partial charge in [-0.25, -0.2) is 4.98 Å². The minimum absolute atomic E-state index is 0.122. The van der Waals surface area contributed by atoms with Crippen molar-refractivity contribution in [2.75, 3.05) is 13.2 Å². The largest absolute Gasteiger partial charge is 0.394 e. The van der Waals surface area contributed by atoms with E-state index >= 15 is 0 Å². The number of hydrogen-bond acceptors (Lipinski definition) is 5. The molecule has 0 fully saturated rings. The van der Waals surface area contributed by atoms with E-state index in [2.05, 4.69) is 40.5 Å². The van der Waals surface area contributed by atoms with Crippen LogP contribution in [0.5, 0.6) is 0 Å². The smallest absolute Gasteiger partial charge is 0.0939 e. The predicted octanol–water partition coefficient (Wildman–Crippen LogP) is 2.82. The van der Waals surface area contributed by atoms with Crippen LogP contribution in [0.1, 0.15) is 28.4 Å². The number of hydrogen-bond donors (Lipinski definition) is 2. The van der Waals surface area contributed by atoms with E-state index in [4.69, 9.17) is 5.11 Å². The summed E-state index contributed by atoms with van der Waals surface area (Å²) in [5, 5.41) is 18.3. The summed E-state index contributed by atoms with van der Waals surface area (Å²) >= 11 is 1.79. The third-order valence-corrected chi connectivity index (χ3v) is 5.32. The first-order valence-corrected chi connectivity index (χ1v) is 9.19. The summed E-state index contributed by atoms with van der Waals surface area (Å²) in [7, 11) is 0. The fourth-order valence-electron chi connectivity index (χ4n) is 2.91. The molecular formula is C18H24N4OS. The maximum absolute atomic E-state index is 9.07. The zero-order chi connectivity index (χ0) is 16.9. The Morgan fingerprint density at radius 1 is 1.25 bits per heavy atom. The highest BCUT2D eigenvalue weighted by Crippen LogP contribution is 2.22. The Morgan fingerprint density at radius 2 is 2.08 bits per heavy atom. The van der Waals surface area contributed by atoms with Gasteiger partial charge in [0.2, 0.25) is 0 Å². The zero-order valence-corrected chi connectivity index (χ0v) is 15.1. The molecule has 2 heterocycles. The topological polar surface area (TPSA) is 63.0 Å². The van der Waals surface area contributed by atoms with E-state index in [0.29, 0.717) is 6.54 Å². The molecule has 0 amide bonds. The van der Waals surface area contributed by atoms with Gasteiger partial charge < -0.3 is 10.4 Å². The van der Waals surface area contributed by atoms with E-state index in [1.54, 1.807) is 11.3 Å². The molecule has 2 N–H and O–H groups in total. The van der Waals surface area contributed by atoms with E-state index in [1.807, 2.05) is 17.7 Å². The van der Waals surface area contributed by atoms with Gasteiger partial charge in [-0.15, -0.1) is 11.3 Å². The summed E-state index contributed by atoms with van der Waals surface area (Å²) in [6.07, 6.45) is 2.08. The lowest BCUT2D eigenvalue weighted by Gasteiger charge is -2.06. The number of aryl methyl sites for hydroxylation is 2. The number of benzene rings is 1. The summed E-state index contributed by atoms with van der Waals surface area (Å²) in [5.74, 6) is 0. The second-order valence-electron chi connectivity index (χ2n) is 5.95. The zero-order valence-electron chi connectivity index (χ0n) is 14.2. The third-order valence-electron chi connectivity index (χ3n) is 4.23. The molecule has 24 heavy (non-hydrogen) atoms. The van der Waals surface area contributed by atoms with E-state index < -0.39 is 0 Å². The van der Waals surface area contributed by atoms with Crippen LogP contribution < -0.4 is 5.32 Å². The van der Waals surface area contributed by atoms with Crippen molar-refractivity contribution in [1.29, 1.82) is 0 Å². The number of fused-ring (bicyclic) bond motifs is 1. The van der Waals surface area contributed by atoms with Gasteiger partial charge in [-0.05, 0) is 38.9 Å². The lowest BCUT2D eigenvalue weighted by atomic mass is 10.2. The van der Waals surface area contributed by atoms with E-state index in [0.717, 1.165) is 42.8 Å². The minimum Gasteiger partial charge on any atom is -0.394 e. The van der Waals surface area contributed by atoms with Crippen molar-refractivity contribution < 1.29 is 5.11 Å². The molecule has 0 saturated carbocycles. The molecule has 3 aromatic rings. The summed E-state index contributed by atoms with van der Waals surface area (Å²) in [6, 6.07) is 8.30. The Bertz CT molecular complexity index is 776. The number of rotatable bonds is 8. The number of para-hydroxylation sites is 1. The molecule has 1 aromatic carbocycles. The van der Waals surface area contributed by atoms with Crippen LogP contribution in [0.15, 0.2) is 24.3 Å². The average Bonchev–Trinajstić information content (AvgIpc) is 3.10. The Balaban J connectivity index is 1.47. The number of aromatic nitrogens is 3. The van der Waals surface area contributed by atoms with Crippen LogP contribution in [0.4, 0.5) is 0 Å². The summed E-state index contributed by atoms with van der Waals surface area (Å²) < 4.78 is 3.15. The average molecular weight is 344 g/mol. The Hall–Kier alpha value is -1.76. The SMILES string of the molecule is Cc1nn(CCO)c(C)c1CNCCCc1nc2ccccc2s1. The van der Waals surface area contributed by atoms with Gasteiger partial charge in [-0.3, -0.25) is 4.68 Å². The van der Waals surface area contributed by atoms with Gasteiger partial charge >= 0.3 is 0 Å². The van der Waals surface area contributed by atoms with Crippen molar-refractivity contribution >= 4 is 21.6 Å². The van der Waals surface area contributed by atoms with Crippen LogP contribution in [0.3, 0.4) is 0 Å². The minimum atomic E-state index is 0.122. The lowest BCUT2D eigenvalue weighted by molar-refractivity contribution is 0.267. The highest BCUT2D eigenvalue weighted by Gasteiger charge is 2.10. The molecule has 3 rings (SSSR count). The molecule has 0 unspecified atom stereocenters. The fourth-order valence-corrected chi connectivity index (χ4v) is 3.92. The molecule has 0 aliphatic carbocycles. The van der Waals surface area contributed by atoms with Gasteiger partial charge in [0.1, 0.15) is 0 Å². The molecule has 0 bridgehead atoms. The third kappa shape index (κ3) is 3.83. The lowest BCUT2D eigenvalue weighted by Crippen LogP contribution is -2.16. The van der Waals surface area contributed by atoms with Crippen molar-refractivity contribution in [3.05, 3.63) is 46.2 Å². The van der Waals surface area contributed by atoms with Crippen LogP contribution in [-0.4, -0.2) is 33.0 Å². The molecule has 5 nitrogen and oxygen atoms in total. The standard InChI is InChI=1S/C18H24N4OS/c1-13-15(14(2)22(21-13)10-11-23)12-19-9-5-8-18-20-16-6-3-4-7-17(16)24-18/h3-4,6-7,19,23H,5,8-12H2,1-2H3. The van der Waals surface area contributed by atoms with E-state index in [9.17, 15) is 0 Å². The second kappa shape index (κ2) is 7.88. The van der Waals surface area contributed by atoms with Crippen molar-refractivity contribution in [3.8, 4) is 0 Å². The van der Waals surface area contributed by atoms with Crippen molar-refractivity contribution in [3.63, 3.8) is 0 Å². The van der Waals surface area contributed by atoms with Crippen LogP contribution in [-0.2, 0) is 19.5 Å². The number of aliphatic hydroxyl groups excluding tert-OH is 1. The molecule has 128 valence electrons. The number of thiazole rings is 1. The van der Waals surface area contributed by atoms with Crippen molar-refractivity contribution in [2.45, 2.75) is 39.8 Å². The van der Waals surface area contributed by atoms with Gasteiger partial charge in [-0.2, -0.15) is 5.10 Å². The van der Waals surface area contributed by atoms with Gasteiger partial charge in [-0.1, -0.05) is 12.1 Å². The number of aliphatic hydroxyl groups is 1. The molecule has 6 heteroatoms. The normalized spacial score (nSPS) is 11.5. The van der Waals surface area contributed by atoms with Gasteiger partial charge in [0.05, 0.1) is 34.1 Å². The summed E-state index contributed by atoms with van der Waals surface area (Å²) in [5.41, 5.74) is 4.52. The highest BCUT2D eigenvalue weighted by molar-refractivity contribution is 7.18. The molecular weight excluding hydrogens is 320 g/mol. The second-order valence-corrected chi connectivity index (χ2v) is 7.07. The van der Waals surface area contributed by atoms with Gasteiger partial charge in [0, 0.05) is 24.2 Å². The molecule has 0 atom stereocenters. The predicted molar refractivity (Wildman–Crippen MR) is 98.4 cm³/mol. The molecule has 0 saturated heterocycles. The van der Waals surface area contributed by atoms with Gasteiger partial charge in [0.25, 0.3) is 0 Å². The fraction of sp³-hybridized carbons (Fsp3) is 0.444. The molecule has 0 spiro atoms. The maximum atomic E-state index is 9.07. The number of nitrogens with one attached hydrogen (secondary N) is 1. The van der Waals surface area contributed by atoms with Crippen molar-refractivity contribution in [2.24, 2.45) is 0 Å². The first-order valence-electron chi connectivity index (χ1n) is 8.38.